The Hall–Kier alpha value is -1.96. The van der Waals surface area contributed by atoms with Gasteiger partial charge in [-0.15, -0.1) is 0 Å². The molecule has 0 spiro atoms. The minimum absolute atomic E-state index is 0.0201. The standard InChI is InChI=1S/C13H18N6OS/c1-8-3-11(6-19(8)13-16-9(2)18-21-13)17-12(20)4-10-5-14-7-15-10/h5,7-8,11H,3-4,6H2,1-2H3,(H,14,15)(H,17,20). The predicted octanol–water partition coefficient (Wildman–Crippen LogP) is 0.896. The lowest BCUT2D eigenvalue weighted by molar-refractivity contribution is -0.121. The van der Waals surface area contributed by atoms with Gasteiger partial charge in [-0.2, -0.15) is 4.37 Å². The number of H-pyrrole nitrogens is 1. The third-order valence-corrected chi connectivity index (χ3v) is 4.45. The fourth-order valence-corrected chi connectivity index (χ4v) is 3.42. The van der Waals surface area contributed by atoms with Gasteiger partial charge >= 0.3 is 0 Å². The molecular weight excluding hydrogens is 288 g/mol. The first-order valence-corrected chi connectivity index (χ1v) is 7.72. The zero-order valence-corrected chi connectivity index (χ0v) is 12.9. The number of hydrogen-bond acceptors (Lipinski definition) is 6. The molecule has 7 nitrogen and oxygen atoms in total. The number of aromatic nitrogens is 4. The van der Waals surface area contributed by atoms with Crippen LogP contribution < -0.4 is 10.2 Å². The van der Waals surface area contributed by atoms with Gasteiger partial charge in [-0.25, -0.2) is 9.97 Å². The number of nitrogens with zero attached hydrogens (tertiary/aromatic N) is 4. The molecule has 0 bridgehead atoms. The summed E-state index contributed by atoms with van der Waals surface area (Å²) in [6, 6.07) is 0.509. The van der Waals surface area contributed by atoms with Gasteiger partial charge in [0.25, 0.3) is 0 Å². The van der Waals surface area contributed by atoms with Crippen LogP contribution in [0.1, 0.15) is 24.9 Å². The van der Waals surface area contributed by atoms with Crippen LogP contribution in [0.25, 0.3) is 0 Å². The number of amides is 1. The molecule has 1 aliphatic heterocycles. The molecule has 2 unspecified atom stereocenters. The fraction of sp³-hybridized carbons (Fsp3) is 0.538. The number of nitrogens with one attached hydrogen (secondary N) is 2. The van der Waals surface area contributed by atoms with Crippen LogP contribution in [0.4, 0.5) is 5.13 Å². The van der Waals surface area contributed by atoms with Gasteiger partial charge in [0.15, 0.2) is 0 Å². The summed E-state index contributed by atoms with van der Waals surface area (Å²) in [7, 11) is 0. The highest BCUT2D eigenvalue weighted by Crippen LogP contribution is 2.26. The van der Waals surface area contributed by atoms with Gasteiger partial charge in [0, 0.05) is 42.1 Å². The SMILES string of the molecule is Cc1nsc(N2CC(NC(=O)Cc3cnc[nH]3)CC2C)n1. The van der Waals surface area contributed by atoms with E-state index in [-0.39, 0.29) is 11.9 Å². The lowest BCUT2D eigenvalue weighted by atomic mass is 10.2. The number of hydrogen-bond donors (Lipinski definition) is 2. The molecule has 0 aliphatic carbocycles. The third-order valence-electron chi connectivity index (χ3n) is 3.61. The van der Waals surface area contributed by atoms with Gasteiger partial charge in [0.05, 0.1) is 12.7 Å². The molecule has 2 atom stereocenters. The normalized spacial score (nSPS) is 21.7. The number of carbonyl (C=O) groups excluding carboxylic acids is 1. The highest BCUT2D eigenvalue weighted by atomic mass is 32.1. The Bertz CT molecular complexity index is 610. The summed E-state index contributed by atoms with van der Waals surface area (Å²) in [5, 5.41) is 4.02. The lowest BCUT2D eigenvalue weighted by Gasteiger charge is -2.19. The summed E-state index contributed by atoms with van der Waals surface area (Å²) >= 11 is 1.41. The van der Waals surface area contributed by atoms with Crippen LogP contribution in [0, 0.1) is 6.92 Å². The number of aromatic amines is 1. The van der Waals surface area contributed by atoms with Gasteiger partial charge < -0.3 is 15.2 Å². The first-order valence-electron chi connectivity index (χ1n) is 6.95. The molecule has 2 aromatic heterocycles. The van der Waals surface area contributed by atoms with Crippen molar-refractivity contribution in [1.82, 2.24) is 24.6 Å². The molecule has 1 aliphatic rings. The first-order chi connectivity index (χ1) is 10.1. The molecule has 2 aromatic rings. The molecule has 21 heavy (non-hydrogen) atoms. The summed E-state index contributed by atoms with van der Waals surface area (Å²) < 4.78 is 4.22. The van der Waals surface area contributed by atoms with E-state index in [1.165, 1.54) is 11.5 Å². The molecule has 0 radical (unpaired) electrons. The van der Waals surface area contributed by atoms with E-state index in [1.807, 2.05) is 6.92 Å². The Balaban J connectivity index is 1.57. The van der Waals surface area contributed by atoms with E-state index < -0.39 is 0 Å². The van der Waals surface area contributed by atoms with Crippen molar-refractivity contribution < 1.29 is 4.79 Å². The smallest absolute Gasteiger partial charge is 0.226 e. The monoisotopic (exact) mass is 306 g/mol. The molecule has 0 aromatic carbocycles. The summed E-state index contributed by atoms with van der Waals surface area (Å²) in [6.45, 7) is 4.83. The van der Waals surface area contributed by atoms with Crippen LogP contribution in [0.2, 0.25) is 0 Å². The first kappa shape index (κ1) is 14.0. The van der Waals surface area contributed by atoms with Crippen LogP contribution >= 0.6 is 11.5 Å². The Kier molecular flexibility index (Phi) is 3.87. The molecule has 3 heterocycles. The maximum absolute atomic E-state index is 12.0. The van der Waals surface area contributed by atoms with E-state index in [0.717, 1.165) is 29.6 Å². The average Bonchev–Trinajstić information content (AvgIpc) is 3.12. The topological polar surface area (TPSA) is 86.8 Å². The van der Waals surface area contributed by atoms with Gasteiger partial charge in [0.2, 0.25) is 11.0 Å². The highest BCUT2D eigenvalue weighted by Gasteiger charge is 2.31. The highest BCUT2D eigenvalue weighted by molar-refractivity contribution is 7.09. The molecule has 0 saturated carbocycles. The maximum Gasteiger partial charge on any atom is 0.226 e. The van der Waals surface area contributed by atoms with Crippen molar-refractivity contribution in [2.45, 2.75) is 38.8 Å². The minimum Gasteiger partial charge on any atom is -0.351 e. The number of carbonyl (C=O) groups is 1. The molecule has 3 rings (SSSR count). The summed E-state index contributed by atoms with van der Waals surface area (Å²) in [6.07, 6.45) is 4.52. The Morgan fingerprint density at radius 2 is 2.48 bits per heavy atom. The molecule has 2 N–H and O–H groups in total. The van der Waals surface area contributed by atoms with Gasteiger partial charge in [0.1, 0.15) is 5.82 Å². The summed E-state index contributed by atoms with van der Waals surface area (Å²) in [5.74, 6) is 0.820. The van der Waals surface area contributed by atoms with Crippen molar-refractivity contribution in [3.63, 3.8) is 0 Å². The van der Waals surface area contributed by atoms with E-state index in [2.05, 4.69) is 36.5 Å². The van der Waals surface area contributed by atoms with Crippen molar-refractivity contribution in [1.29, 1.82) is 0 Å². The molecule has 8 heteroatoms. The minimum atomic E-state index is 0.0201. The summed E-state index contributed by atoms with van der Waals surface area (Å²) in [5.41, 5.74) is 0.829. The number of imidazole rings is 1. The molecular formula is C13H18N6OS. The van der Waals surface area contributed by atoms with Crippen molar-refractivity contribution in [2.24, 2.45) is 0 Å². The van der Waals surface area contributed by atoms with Crippen LogP contribution in [-0.2, 0) is 11.2 Å². The van der Waals surface area contributed by atoms with Gasteiger partial charge in [-0.05, 0) is 20.3 Å². The van der Waals surface area contributed by atoms with E-state index in [0.29, 0.717) is 12.5 Å². The van der Waals surface area contributed by atoms with E-state index in [9.17, 15) is 4.79 Å². The second-order valence-electron chi connectivity index (χ2n) is 5.38. The van der Waals surface area contributed by atoms with E-state index in [4.69, 9.17) is 0 Å². The van der Waals surface area contributed by atoms with Gasteiger partial charge in [-0.1, -0.05) is 0 Å². The molecule has 1 saturated heterocycles. The van der Waals surface area contributed by atoms with Crippen LogP contribution in [0.5, 0.6) is 0 Å². The Morgan fingerprint density at radius 1 is 1.62 bits per heavy atom. The molecule has 1 amide bonds. The van der Waals surface area contributed by atoms with E-state index in [1.54, 1.807) is 12.5 Å². The van der Waals surface area contributed by atoms with Crippen LogP contribution in [-0.4, -0.2) is 43.9 Å². The predicted molar refractivity (Wildman–Crippen MR) is 80.3 cm³/mol. The fourth-order valence-electron chi connectivity index (χ4n) is 2.64. The quantitative estimate of drug-likeness (QED) is 0.876. The third kappa shape index (κ3) is 3.21. The second-order valence-corrected chi connectivity index (χ2v) is 6.11. The molecule has 112 valence electrons. The van der Waals surface area contributed by atoms with Crippen molar-refractivity contribution in [3.8, 4) is 0 Å². The Morgan fingerprint density at radius 3 is 3.14 bits per heavy atom. The number of rotatable bonds is 4. The van der Waals surface area contributed by atoms with Crippen molar-refractivity contribution in [2.75, 3.05) is 11.4 Å². The largest absolute Gasteiger partial charge is 0.351 e. The van der Waals surface area contributed by atoms with Crippen molar-refractivity contribution >= 4 is 22.6 Å². The second kappa shape index (κ2) is 5.80. The van der Waals surface area contributed by atoms with Crippen molar-refractivity contribution in [3.05, 3.63) is 24.0 Å². The zero-order valence-electron chi connectivity index (χ0n) is 12.0. The molecule has 1 fully saturated rings. The van der Waals surface area contributed by atoms with Crippen LogP contribution in [0.3, 0.4) is 0 Å². The number of aryl methyl sites for hydroxylation is 1. The van der Waals surface area contributed by atoms with Crippen LogP contribution in [0.15, 0.2) is 12.5 Å². The summed E-state index contributed by atoms with van der Waals surface area (Å²) in [4.78, 5) is 25.5. The van der Waals surface area contributed by atoms with E-state index >= 15 is 0 Å². The maximum atomic E-state index is 12.0. The zero-order chi connectivity index (χ0) is 14.8. The van der Waals surface area contributed by atoms with Gasteiger partial charge in [-0.3, -0.25) is 4.79 Å². The Labute approximate surface area is 127 Å². The average molecular weight is 306 g/mol. The number of anilines is 1. The lowest BCUT2D eigenvalue weighted by Crippen LogP contribution is -2.38.